The molecule has 1 fully saturated rings. The van der Waals surface area contributed by atoms with Gasteiger partial charge in [0.25, 0.3) is 0 Å². The molecule has 0 saturated carbocycles. The van der Waals surface area contributed by atoms with Crippen LogP contribution in [-0.4, -0.2) is 28.3 Å². The molecule has 1 atom stereocenters. The van der Waals surface area contributed by atoms with Crippen LogP contribution in [0.1, 0.15) is 36.1 Å². The Labute approximate surface area is 163 Å². The quantitative estimate of drug-likeness (QED) is 0.802. The molecule has 1 saturated heterocycles. The van der Waals surface area contributed by atoms with Gasteiger partial charge in [0.1, 0.15) is 5.76 Å². The van der Waals surface area contributed by atoms with E-state index in [9.17, 15) is 10.1 Å². The number of nitriles is 1. The lowest BCUT2D eigenvalue weighted by Crippen LogP contribution is -2.46. The van der Waals surface area contributed by atoms with Gasteiger partial charge in [-0.1, -0.05) is 43.0 Å². The number of furan rings is 1. The number of carbonyl (C=O) groups excluding carboxylic acids is 1. The molecule has 2 aliphatic rings. The molecule has 138 valence electrons. The Hall–Kier alpha value is -2.49. The van der Waals surface area contributed by atoms with E-state index in [2.05, 4.69) is 42.2 Å². The zero-order chi connectivity index (χ0) is 18.8. The molecule has 2 aromatic rings. The first-order valence-corrected chi connectivity index (χ1v) is 10.1. The Morgan fingerprint density at radius 3 is 2.78 bits per heavy atom. The van der Waals surface area contributed by atoms with Gasteiger partial charge >= 0.3 is 0 Å². The largest absolute Gasteiger partial charge is 0.468 e. The number of benzene rings is 1. The van der Waals surface area contributed by atoms with E-state index in [4.69, 9.17) is 4.42 Å². The third-order valence-electron chi connectivity index (χ3n) is 5.10. The second-order valence-corrected chi connectivity index (χ2v) is 7.76. The zero-order valence-electron chi connectivity index (χ0n) is 15.2. The Morgan fingerprint density at radius 2 is 2.11 bits per heavy atom. The first-order chi connectivity index (χ1) is 13.2. The molecule has 0 radical (unpaired) electrons. The number of carbonyl (C=O) groups is 1. The number of hydrogen-bond acceptors (Lipinski definition) is 5. The van der Waals surface area contributed by atoms with E-state index in [1.807, 2.05) is 12.1 Å². The van der Waals surface area contributed by atoms with Crippen LogP contribution in [0.25, 0.3) is 0 Å². The van der Waals surface area contributed by atoms with E-state index in [1.54, 1.807) is 22.9 Å². The molecule has 0 aliphatic carbocycles. The number of fused-ring (bicyclic) bond motifs is 1. The fourth-order valence-electron chi connectivity index (χ4n) is 3.60. The highest BCUT2D eigenvalue weighted by Gasteiger charge is 2.38. The van der Waals surface area contributed by atoms with E-state index in [1.165, 1.54) is 5.56 Å². The lowest BCUT2D eigenvalue weighted by atomic mass is 9.86. The zero-order valence-corrected chi connectivity index (χ0v) is 16.0. The number of aryl methyl sites for hydroxylation is 1. The van der Waals surface area contributed by atoms with Crippen LogP contribution in [0.4, 0.5) is 0 Å². The van der Waals surface area contributed by atoms with Crippen molar-refractivity contribution in [2.45, 2.75) is 32.2 Å². The molecular formula is C21H21N3O2S. The molecule has 3 heterocycles. The van der Waals surface area contributed by atoms with E-state index in [0.717, 1.165) is 28.7 Å². The van der Waals surface area contributed by atoms with Crippen molar-refractivity contribution >= 4 is 17.7 Å². The van der Waals surface area contributed by atoms with Crippen molar-refractivity contribution in [1.82, 2.24) is 9.80 Å². The average Bonchev–Trinajstić information content (AvgIpc) is 3.21. The van der Waals surface area contributed by atoms with Crippen molar-refractivity contribution in [2.24, 2.45) is 0 Å². The third-order valence-corrected chi connectivity index (χ3v) is 6.31. The molecule has 1 aromatic heterocycles. The molecule has 5 nitrogen and oxygen atoms in total. The molecule has 1 amide bonds. The first kappa shape index (κ1) is 17.9. The van der Waals surface area contributed by atoms with Gasteiger partial charge in [-0.3, -0.25) is 14.6 Å². The summed E-state index contributed by atoms with van der Waals surface area (Å²) in [5, 5.41) is 10.6. The second kappa shape index (κ2) is 7.63. The fraction of sp³-hybridized carbons (Fsp3) is 0.333. The minimum absolute atomic E-state index is 0.0743. The summed E-state index contributed by atoms with van der Waals surface area (Å²) in [6.07, 6.45) is 2.98. The van der Waals surface area contributed by atoms with Crippen LogP contribution in [-0.2, 0) is 17.8 Å². The molecule has 0 spiro atoms. The summed E-state index contributed by atoms with van der Waals surface area (Å²) < 4.78 is 5.42. The van der Waals surface area contributed by atoms with Crippen LogP contribution in [0.3, 0.4) is 0 Å². The summed E-state index contributed by atoms with van der Waals surface area (Å²) in [5.74, 6) is 1.53. The second-order valence-electron chi connectivity index (χ2n) is 6.83. The number of thioether (sulfide) groups is 1. The van der Waals surface area contributed by atoms with Crippen molar-refractivity contribution in [3.05, 3.63) is 70.2 Å². The van der Waals surface area contributed by atoms with Crippen molar-refractivity contribution in [1.29, 1.82) is 5.26 Å². The van der Waals surface area contributed by atoms with Crippen molar-refractivity contribution in [3.63, 3.8) is 0 Å². The van der Waals surface area contributed by atoms with Crippen molar-refractivity contribution < 1.29 is 9.21 Å². The summed E-state index contributed by atoms with van der Waals surface area (Å²) in [7, 11) is 0. The highest BCUT2D eigenvalue weighted by atomic mass is 32.2. The van der Waals surface area contributed by atoms with Gasteiger partial charge in [0.05, 0.1) is 42.0 Å². The highest BCUT2D eigenvalue weighted by molar-refractivity contribution is 8.03. The Balaban J connectivity index is 1.59. The summed E-state index contributed by atoms with van der Waals surface area (Å²) in [6, 6.07) is 14.5. The fourth-order valence-corrected chi connectivity index (χ4v) is 4.74. The minimum Gasteiger partial charge on any atom is -0.468 e. The van der Waals surface area contributed by atoms with Crippen LogP contribution < -0.4 is 0 Å². The van der Waals surface area contributed by atoms with Crippen LogP contribution in [0.5, 0.6) is 0 Å². The van der Waals surface area contributed by atoms with Crippen LogP contribution in [0.2, 0.25) is 0 Å². The summed E-state index contributed by atoms with van der Waals surface area (Å²) in [5.41, 5.74) is 3.01. The number of allylic oxidation sites excluding steroid dienone is 1. The monoisotopic (exact) mass is 379 g/mol. The Morgan fingerprint density at radius 1 is 1.30 bits per heavy atom. The topological polar surface area (TPSA) is 60.5 Å². The van der Waals surface area contributed by atoms with Gasteiger partial charge < -0.3 is 4.42 Å². The van der Waals surface area contributed by atoms with E-state index < -0.39 is 0 Å². The third kappa shape index (κ3) is 3.53. The Bertz CT molecular complexity index is 897. The highest BCUT2D eigenvalue weighted by Crippen LogP contribution is 2.42. The summed E-state index contributed by atoms with van der Waals surface area (Å²) in [4.78, 5) is 16.8. The standard InChI is InChI=1S/C21H21N3O2S/c1-2-15-5-7-16(8-6-15)18-10-20(25)24-13-23(12-17-4-3-9-26-17)14-27-21(24)19(18)11-22/h3-9,18H,2,10,12-14H2,1H3/t18-/m1/s1. The maximum absolute atomic E-state index is 12.9. The first-order valence-electron chi connectivity index (χ1n) is 9.10. The van der Waals surface area contributed by atoms with Crippen LogP contribution >= 0.6 is 11.8 Å². The van der Waals surface area contributed by atoms with Gasteiger partial charge in [-0.05, 0) is 29.7 Å². The molecule has 1 aromatic carbocycles. The molecule has 2 aliphatic heterocycles. The van der Waals surface area contributed by atoms with Crippen LogP contribution in [0.15, 0.2) is 57.7 Å². The molecule has 4 rings (SSSR count). The Kier molecular flexibility index (Phi) is 5.06. The van der Waals surface area contributed by atoms with E-state index in [0.29, 0.717) is 25.2 Å². The summed E-state index contributed by atoms with van der Waals surface area (Å²) in [6.45, 7) is 3.27. The van der Waals surface area contributed by atoms with Crippen LogP contribution in [0, 0.1) is 11.3 Å². The maximum Gasteiger partial charge on any atom is 0.229 e. The average molecular weight is 379 g/mol. The molecule has 0 bridgehead atoms. The number of rotatable bonds is 4. The molecule has 0 N–H and O–H groups in total. The molecule has 27 heavy (non-hydrogen) atoms. The van der Waals surface area contributed by atoms with Gasteiger partial charge in [0.2, 0.25) is 5.91 Å². The minimum atomic E-state index is -0.149. The van der Waals surface area contributed by atoms with E-state index in [-0.39, 0.29) is 11.8 Å². The smallest absolute Gasteiger partial charge is 0.229 e. The predicted molar refractivity (Wildman–Crippen MR) is 104 cm³/mol. The van der Waals surface area contributed by atoms with Gasteiger partial charge in [-0.25, -0.2) is 0 Å². The molecule has 6 heteroatoms. The maximum atomic E-state index is 12.9. The van der Waals surface area contributed by atoms with Gasteiger partial charge in [-0.15, -0.1) is 0 Å². The number of nitrogens with zero attached hydrogens (tertiary/aromatic N) is 3. The van der Waals surface area contributed by atoms with Gasteiger partial charge in [-0.2, -0.15) is 5.26 Å². The summed E-state index contributed by atoms with van der Waals surface area (Å²) >= 11 is 1.57. The van der Waals surface area contributed by atoms with Gasteiger partial charge in [0, 0.05) is 12.3 Å². The molecular weight excluding hydrogens is 358 g/mol. The normalized spacial score (nSPS) is 20.5. The number of amides is 1. The number of hydrogen-bond donors (Lipinski definition) is 0. The lowest BCUT2D eigenvalue weighted by molar-refractivity contribution is -0.132. The van der Waals surface area contributed by atoms with Crippen molar-refractivity contribution in [2.75, 3.05) is 12.5 Å². The van der Waals surface area contributed by atoms with E-state index >= 15 is 0 Å². The lowest BCUT2D eigenvalue weighted by Gasteiger charge is -2.41. The molecule has 0 unspecified atom stereocenters. The SMILES string of the molecule is CCc1ccc([C@H]2CC(=O)N3CN(Cc4ccco4)CSC3=C2C#N)cc1. The predicted octanol–water partition coefficient (Wildman–Crippen LogP) is 4.06. The van der Waals surface area contributed by atoms with Gasteiger partial charge in [0.15, 0.2) is 0 Å². The van der Waals surface area contributed by atoms with Crippen molar-refractivity contribution in [3.8, 4) is 6.07 Å².